The van der Waals surface area contributed by atoms with Gasteiger partial charge < -0.3 is 30.6 Å². The van der Waals surface area contributed by atoms with E-state index in [1.54, 1.807) is 21.3 Å². The van der Waals surface area contributed by atoms with Crippen LogP contribution in [0.2, 0.25) is 0 Å². The van der Waals surface area contributed by atoms with Crippen LogP contribution in [0.15, 0.2) is 12.1 Å². The molecule has 1 heterocycles. The molecule has 0 atom stereocenters. The Kier molecular flexibility index (Phi) is 5.18. The molecule has 4 N–H and O–H groups in total. The Morgan fingerprint density at radius 2 is 1.54 bits per heavy atom. The van der Waals surface area contributed by atoms with Crippen molar-refractivity contribution in [2.45, 2.75) is 6.42 Å². The van der Waals surface area contributed by atoms with Gasteiger partial charge in [-0.25, -0.2) is 0 Å². The standard InChI is InChI=1S/C16H23N5O3/c1-21(2)15-10(14(17)19-16(18)20-15)6-9-7-11(22-3)13(24-5)12(8-9)23-4/h7-8H,6H2,1-5H3,(H4,17,18,19,20). The minimum atomic E-state index is 0.143. The third-order valence-corrected chi connectivity index (χ3v) is 3.56. The van der Waals surface area contributed by atoms with Crippen molar-refractivity contribution in [1.82, 2.24) is 9.97 Å². The van der Waals surface area contributed by atoms with Gasteiger partial charge in [0.25, 0.3) is 0 Å². The summed E-state index contributed by atoms with van der Waals surface area (Å²) < 4.78 is 16.1. The van der Waals surface area contributed by atoms with Gasteiger partial charge in [-0.3, -0.25) is 0 Å². The molecule has 2 rings (SSSR count). The van der Waals surface area contributed by atoms with Crippen molar-refractivity contribution in [3.8, 4) is 17.2 Å². The summed E-state index contributed by atoms with van der Waals surface area (Å²) in [6.45, 7) is 0. The van der Waals surface area contributed by atoms with Crippen LogP contribution >= 0.6 is 0 Å². The van der Waals surface area contributed by atoms with E-state index in [2.05, 4.69) is 9.97 Å². The van der Waals surface area contributed by atoms with Gasteiger partial charge in [-0.05, 0) is 17.7 Å². The van der Waals surface area contributed by atoms with E-state index >= 15 is 0 Å². The fraction of sp³-hybridized carbons (Fsp3) is 0.375. The quantitative estimate of drug-likeness (QED) is 0.815. The van der Waals surface area contributed by atoms with Crippen molar-refractivity contribution in [3.63, 3.8) is 0 Å². The molecule has 1 aromatic carbocycles. The molecule has 0 aliphatic carbocycles. The van der Waals surface area contributed by atoms with E-state index < -0.39 is 0 Å². The zero-order valence-corrected chi connectivity index (χ0v) is 14.6. The first-order valence-electron chi connectivity index (χ1n) is 7.29. The number of aromatic nitrogens is 2. The van der Waals surface area contributed by atoms with Gasteiger partial charge in [-0.1, -0.05) is 0 Å². The molecule has 130 valence electrons. The van der Waals surface area contributed by atoms with Gasteiger partial charge in [0.1, 0.15) is 11.6 Å². The van der Waals surface area contributed by atoms with Crippen LogP contribution in [0.3, 0.4) is 0 Å². The fourth-order valence-corrected chi connectivity index (χ4v) is 2.49. The summed E-state index contributed by atoms with van der Waals surface area (Å²) in [4.78, 5) is 10.2. The molecule has 0 fully saturated rings. The van der Waals surface area contributed by atoms with E-state index in [4.69, 9.17) is 25.7 Å². The van der Waals surface area contributed by atoms with Crippen LogP contribution < -0.4 is 30.6 Å². The highest BCUT2D eigenvalue weighted by atomic mass is 16.5. The largest absolute Gasteiger partial charge is 0.493 e. The number of nitrogen functional groups attached to an aromatic ring is 2. The number of hydrogen-bond acceptors (Lipinski definition) is 8. The normalized spacial score (nSPS) is 10.4. The number of ether oxygens (including phenoxy) is 3. The van der Waals surface area contributed by atoms with Crippen LogP contribution in [-0.2, 0) is 6.42 Å². The van der Waals surface area contributed by atoms with Crippen molar-refractivity contribution in [1.29, 1.82) is 0 Å². The molecule has 0 saturated heterocycles. The SMILES string of the molecule is COc1cc(Cc2c(N)nc(N)nc2N(C)C)cc(OC)c1OC. The molecule has 8 nitrogen and oxygen atoms in total. The number of rotatable bonds is 6. The van der Waals surface area contributed by atoms with Gasteiger partial charge >= 0.3 is 0 Å². The molecule has 0 spiro atoms. The molecule has 0 saturated carbocycles. The Labute approximate surface area is 141 Å². The summed E-state index contributed by atoms with van der Waals surface area (Å²) in [5.41, 5.74) is 13.5. The van der Waals surface area contributed by atoms with E-state index in [-0.39, 0.29) is 5.95 Å². The second-order valence-electron chi connectivity index (χ2n) is 5.37. The van der Waals surface area contributed by atoms with E-state index in [1.165, 1.54) is 0 Å². The Balaban J connectivity index is 2.52. The van der Waals surface area contributed by atoms with Crippen LogP contribution in [0.5, 0.6) is 17.2 Å². The predicted molar refractivity (Wildman–Crippen MR) is 94.1 cm³/mol. The minimum absolute atomic E-state index is 0.143. The van der Waals surface area contributed by atoms with E-state index in [0.29, 0.717) is 35.3 Å². The Bertz CT molecular complexity index is 709. The molecule has 1 aromatic heterocycles. The molecular weight excluding hydrogens is 310 g/mol. The Morgan fingerprint density at radius 1 is 0.958 bits per heavy atom. The lowest BCUT2D eigenvalue weighted by molar-refractivity contribution is 0.324. The lowest BCUT2D eigenvalue weighted by atomic mass is 10.0. The van der Waals surface area contributed by atoms with Crippen molar-refractivity contribution < 1.29 is 14.2 Å². The van der Waals surface area contributed by atoms with Crippen molar-refractivity contribution >= 4 is 17.6 Å². The average molecular weight is 333 g/mol. The smallest absolute Gasteiger partial charge is 0.223 e. The van der Waals surface area contributed by atoms with Gasteiger partial charge in [0.05, 0.1) is 21.3 Å². The van der Waals surface area contributed by atoms with Crippen molar-refractivity contribution in [3.05, 3.63) is 23.3 Å². The lowest BCUT2D eigenvalue weighted by Gasteiger charge is -2.19. The number of methoxy groups -OCH3 is 3. The molecule has 0 aliphatic rings. The molecule has 24 heavy (non-hydrogen) atoms. The summed E-state index contributed by atoms with van der Waals surface area (Å²) in [5.74, 6) is 2.86. The van der Waals surface area contributed by atoms with E-state index in [1.807, 2.05) is 31.1 Å². The van der Waals surface area contributed by atoms with Gasteiger partial charge in [-0.2, -0.15) is 9.97 Å². The highest BCUT2D eigenvalue weighted by Gasteiger charge is 2.18. The third-order valence-electron chi connectivity index (χ3n) is 3.56. The number of nitrogens with two attached hydrogens (primary N) is 2. The zero-order chi connectivity index (χ0) is 17.9. The highest BCUT2D eigenvalue weighted by molar-refractivity contribution is 5.62. The molecule has 0 radical (unpaired) electrons. The summed E-state index contributed by atoms with van der Waals surface area (Å²) in [5, 5.41) is 0. The highest BCUT2D eigenvalue weighted by Crippen LogP contribution is 2.39. The van der Waals surface area contributed by atoms with Crippen LogP contribution in [0, 0.1) is 0 Å². The third kappa shape index (κ3) is 3.37. The molecule has 0 bridgehead atoms. The van der Waals surface area contributed by atoms with Crippen LogP contribution in [-0.4, -0.2) is 45.4 Å². The molecule has 8 heteroatoms. The van der Waals surface area contributed by atoms with Crippen molar-refractivity contribution in [2.75, 3.05) is 51.8 Å². The first-order chi connectivity index (χ1) is 11.4. The zero-order valence-electron chi connectivity index (χ0n) is 14.6. The second-order valence-corrected chi connectivity index (χ2v) is 5.37. The summed E-state index contributed by atoms with van der Waals surface area (Å²) in [7, 11) is 8.47. The maximum Gasteiger partial charge on any atom is 0.223 e. The summed E-state index contributed by atoms with van der Waals surface area (Å²) in [6, 6.07) is 3.74. The second kappa shape index (κ2) is 7.12. The van der Waals surface area contributed by atoms with Crippen LogP contribution in [0.1, 0.15) is 11.1 Å². The van der Waals surface area contributed by atoms with E-state index in [9.17, 15) is 0 Å². The van der Waals surface area contributed by atoms with Gasteiger partial charge in [0, 0.05) is 26.1 Å². The van der Waals surface area contributed by atoms with Crippen LogP contribution in [0.4, 0.5) is 17.6 Å². The number of anilines is 3. The van der Waals surface area contributed by atoms with E-state index in [0.717, 1.165) is 11.1 Å². The predicted octanol–water partition coefficient (Wildman–Crippen LogP) is 1.32. The molecule has 0 amide bonds. The molecule has 0 unspecified atom stereocenters. The average Bonchev–Trinajstić information content (AvgIpc) is 2.55. The lowest BCUT2D eigenvalue weighted by Crippen LogP contribution is -2.17. The Morgan fingerprint density at radius 3 is 2.00 bits per heavy atom. The first-order valence-corrected chi connectivity index (χ1v) is 7.29. The molecular formula is C16H23N5O3. The number of nitrogens with zero attached hydrogens (tertiary/aromatic N) is 3. The number of hydrogen-bond donors (Lipinski definition) is 2. The monoisotopic (exact) mass is 333 g/mol. The number of benzene rings is 1. The maximum absolute atomic E-state index is 6.06. The molecule has 0 aliphatic heterocycles. The van der Waals surface area contributed by atoms with Gasteiger partial charge in [0.2, 0.25) is 11.7 Å². The van der Waals surface area contributed by atoms with Crippen molar-refractivity contribution in [2.24, 2.45) is 0 Å². The summed E-state index contributed by atoms with van der Waals surface area (Å²) in [6.07, 6.45) is 0.496. The van der Waals surface area contributed by atoms with Crippen LogP contribution in [0.25, 0.3) is 0 Å². The minimum Gasteiger partial charge on any atom is -0.493 e. The Hall–Kier alpha value is -2.90. The maximum atomic E-state index is 6.06. The first kappa shape index (κ1) is 17.5. The topological polar surface area (TPSA) is 109 Å². The molecule has 2 aromatic rings. The van der Waals surface area contributed by atoms with Gasteiger partial charge in [0.15, 0.2) is 11.5 Å². The fourth-order valence-electron chi connectivity index (χ4n) is 2.49. The summed E-state index contributed by atoms with van der Waals surface area (Å²) >= 11 is 0. The van der Waals surface area contributed by atoms with Gasteiger partial charge in [-0.15, -0.1) is 0 Å².